The van der Waals surface area contributed by atoms with Gasteiger partial charge in [0.05, 0.1) is 0 Å². The molecule has 5 aliphatic carbocycles. The summed E-state index contributed by atoms with van der Waals surface area (Å²) in [5.74, 6) is 4.50. The zero-order chi connectivity index (χ0) is 13.7. The monoisotopic (exact) mass is 276 g/mol. The summed E-state index contributed by atoms with van der Waals surface area (Å²) in [4.78, 5) is 12.6. The van der Waals surface area contributed by atoms with E-state index < -0.39 is 0 Å². The lowest BCUT2D eigenvalue weighted by Gasteiger charge is -2.54. The zero-order valence-electron chi connectivity index (χ0n) is 12.4. The van der Waals surface area contributed by atoms with Crippen LogP contribution in [0.5, 0.6) is 0 Å². The van der Waals surface area contributed by atoms with E-state index in [2.05, 4.69) is 5.32 Å². The van der Waals surface area contributed by atoms with E-state index in [9.17, 15) is 4.79 Å². The van der Waals surface area contributed by atoms with Crippen molar-refractivity contribution in [3.63, 3.8) is 0 Å². The van der Waals surface area contributed by atoms with Gasteiger partial charge < -0.3 is 11.1 Å². The van der Waals surface area contributed by atoms with Gasteiger partial charge in [0.25, 0.3) is 0 Å². The maximum Gasteiger partial charge on any atom is 0.223 e. The smallest absolute Gasteiger partial charge is 0.223 e. The first-order valence-corrected chi connectivity index (χ1v) is 8.75. The molecule has 5 aliphatic rings. The molecule has 112 valence electrons. The Morgan fingerprint density at radius 1 is 1.00 bits per heavy atom. The van der Waals surface area contributed by atoms with E-state index >= 15 is 0 Å². The molecular formula is C17H28N2O. The number of amides is 1. The third-order valence-corrected chi connectivity index (χ3v) is 6.83. The number of nitrogens with two attached hydrogens (primary N) is 1. The zero-order valence-corrected chi connectivity index (χ0v) is 12.4. The highest BCUT2D eigenvalue weighted by Crippen LogP contribution is 2.53. The molecule has 5 fully saturated rings. The minimum absolute atomic E-state index is 0.206. The van der Waals surface area contributed by atoms with Crippen LogP contribution < -0.4 is 11.1 Å². The minimum atomic E-state index is 0.206. The molecule has 2 unspecified atom stereocenters. The van der Waals surface area contributed by atoms with Gasteiger partial charge in [-0.2, -0.15) is 0 Å². The fourth-order valence-corrected chi connectivity index (χ4v) is 6.10. The van der Waals surface area contributed by atoms with Crippen LogP contribution in [0.15, 0.2) is 0 Å². The first kappa shape index (κ1) is 13.1. The third kappa shape index (κ3) is 2.09. The van der Waals surface area contributed by atoms with Crippen molar-refractivity contribution in [2.75, 3.05) is 6.54 Å². The molecule has 3 heteroatoms. The van der Waals surface area contributed by atoms with Crippen LogP contribution >= 0.6 is 0 Å². The number of nitrogens with one attached hydrogen (secondary N) is 1. The Balaban J connectivity index is 1.43. The number of hydrogen-bond acceptors (Lipinski definition) is 2. The van der Waals surface area contributed by atoms with E-state index in [4.69, 9.17) is 5.73 Å². The van der Waals surface area contributed by atoms with Gasteiger partial charge in [0.1, 0.15) is 0 Å². The van der Waals surface area contributed by atoms with Crippen LogP contribution in [0, 0.1) is 35.5 Å². The molecule has 2 atom stereocenters. The highest BCUT2D eigenvalue weighted by atomic mass is 16.2. The third-order valence-electron chi connectivity index (χ3n) is 6.83. The largest absolute Gasteiger partial charge is 0.353 e. The first-order valence-electron chi connectivity index (χ1n) is 8.75. The molecule has 0 aromatic heterocycles. The van der Waals surface area contributed by atoms with Crippen molar-refractivity contribution in [3.05, 3.63) is 0 Å². The second-order valence-corrected chi connectivity index (χ2v) is 8.00. The lowest BCUT2D eigenvalue weighted by Crippen LogP contribution is -2.57. The molecule has 0 aliphatic heterocycles. The maximum absolute atomic E-state index is 12.6. The predicted molar refractivity (Wildman–Crippen MR) is 78.9 cm³/mol. The standard InChI is InChI=1S/C17H28N2O/c18-9-12-2-1-3-15(12)17(20)19-16-13-5-10-4-11(7-13)8-14(16)6-10/h10-16H,1-9,18H2,(H,19,20). The average Bonchev–Trinajstić information content (AvgIpc) is 2.90. The summed E-state index contributed by atoms with van der Waals surface area (Å²) < 4.78 is 0. The number of hydrogen-bond donors (Lipinski definition) is 2. The molecular weight excluding hydrogens is 248 g/mol. The van der Waals surface area contributed by atoms with Crippen LogP contribution in [0.3, 0.4) is 0 Å². The minimum Gasteiger partial charge on any atom is -0.353 e. The molecule has 20 heavy (non-hydrogen) atoms. The Kier molecular flexibility index (Phi) is 3.29. The molecule has 5 saturated carbocycles. The van der Waals surface area contributed by atoms with Gasteiger partial charge in [0, 0.05) is 12.0 Å². The predicted octanol–water partition coefficient (Wildman–Crippen LogP) is 2.30. The Hall–Kier alpha value is -0.570. The molecule has 3 N–H and O–H groups in total. The van der Waals surface area contributed by atoms with Crippen LogP contribution in [-0.2, 0) is 4.79 Å². The second-order valence-electron chi connectivity index (χ2n) is 8.00. The van der Waals surface area contributed by atoms with E-state index in [0.29, 0.717) is 24.4 Å². The molecule has 0 aromatic rings. The van der Waals surface area contributed by atoms with E-state index in [1.165, 1.54) is 38.5 Å². The van der Waals surface area contributed by atoms with Crippen molar-refractivity contribution >= 4 is 5.91 Å². The van der Waals surface area contributed by atoms with Gasteiger partial charge in [-0.15, -0.1) is 0 Å². The van der Waals surface area contributed by atoms with Crippen LogP contribution in [0.25, 0.3) is 0 Å². The molecule has 0 spiro atoms. The van der Waals surface area contributed by atoms with E-state index in [0.717, 1.165) is 36.5 Å². The first-order chi connectivity index (χ1) is 9.74. The SMILES string of the molecule is NCC1CCCC1C(=O)NC1C2CC3CC(C2)CC1C3. The van der Waals surface area contributed by atoms with Gasteiger partial charge in [0.2, 0.25) is 5.91 Å². The van der Waals surface area contributed by atoms with Crippen LogP contribution in [-0.4, -0.2) is 18.5 Å². The van der Waals surface area contributed by atoms with E-state index in [1.54, 1.807) is 0 Å². The van der Waals surface area contributed by atoms with Gasteiger partial charge in [-0.05, 0) is 81.1 Å². The van der Waals surface area contributed by atoms with Crippen LogP contribution in [0.2, 0.25) is 0 Å². The number of carbonyl (C=O) groups excluding carboxylic acids is 1. The molecule has 5 rings (SSSR count). The van der Waals surface area contributed by atoms with Crippen molar-refractivity contribution in [3.8, 4) is 0 Å². The topological polar surface area (TPSA) is 55.1 Å². The quantitative estimate of drug-likeness (QED) is 0.831. The van der Waals surface area contributed by atoms with Gasteiger partial charge in [-0.25, -0.2) is 0 Å². The molecule has 0 aromatic carbocycles. The maximum atomic E-state index is 12.6. The van der Waals surface area contributed by atoms with Gasteiger partial charge in [-0.1, -0.05) is 6.42 Å². The fourth-order valence-electron chi connectivity index (χ4n) is 6.10. The Morgan fingerprint density at radius 3 is 2.25 bits per heavy atom. The number of rotatable bonds is 3. The number of carbonyl (C=O) groups is 1. The summed E-state index contributed by atoms with van der Waals surface area (Å²) in [6.45, 7) is 0.680. The Morgan fingerprint density at radius 2 is 1.65 bits per heavy atom. The molecule has 0 heterocycles. The lowest BCUT2D eigenvalue weighted by molar-refractivity contribution is -0.130. The lowest BCUT2D eigenvalue weighted by atomic mass is 9.54. The summed E-state index contributed by atoms with van der Waals surface area (Å²) in [5.41, 5.74) is 5.83. The van der Waals surface area contributed by atoms with Gasteiger partial charge in [0.15, 0.2) is 0 Å². The summed E-state index contributed by atoms with van der Waals surface area (Å²) in [6.07, 6.45) is 10.4. The summed E-state index contributed by atoms with van der Waals surface area (Å²) in [6, 6.07) is 0.495. The average molecular weight is 276 g/mol. The highest BCUT2D eigenvalue weighted by molar-refractivity contribution is 5.79. The van der Waals surface area contributed by atoms with Crippen molar-refractivity contribution in [2.24, 2.45) is 41.2 Å². The normalized spacial score (nSPS) is 49.5. The van der Waals surface area contributed by atoms with Gasteiger partial charge >= 0.3 is 0 Å². The Bertz CT molecular complexity index is 366. The van der Waals surface area contributed by atoms with E-state index in [-0.39, 0.29) is 5.92 Å². The molecule has 0 radical (unpaired) electrons. The van der Waals surface area contributed by atoms with Crippen molar-refractivity contribution in [1.82, 2.24) is 5.32 Å². The molecule has 1 amide bonds. The highest BCUT2D eigenvalue weighted by Gasteiger charge is 2.49. The van der Waals surface area contributed by atoms with Crippen LogP contribution in [0.1, 0.15) is 51.4 Å². The van der Waals surface area contributed by atoms with Crippen molar-refractivity contribution in [2.45, 2.75) is 57.4 Å². The Labute approximate surface area is 122 Å². The van der Waals surface area contributed by atoms with Crippen LogP contribution in [0.4, 0.5) is 0 Å². The summed E-state index contributed by atoms with van der Waals surface area (Å²) in [7, 11) is 0. The molecule has 3 nitrogen and oxygen atoms in total. The summed E-state index contributed by atoms with van der Waals surface area (Å²) in [5, 5.41) is 3.47. The second kappa shape index (κ2) is 5.01. The molecule has 4 bridgehead atoms. The fraction of sp³-hybridized carbons (Fsp3) is 0.941. The van der Waals surface area contributed by atoms with E-state index in [1.807, 2.05) is 0 Å². The van der Waals surface area contributed by atoms with Crippen molar-refractivity contribution in [1.29, 1.82) is 0 Å². The van der Waals surface area contributed by atoms with Gasteiger partial charge in [-0.3, -0.25) is 4.79 Å². The van der Waals surface area contributed by atoms with Crippen molar-refractivity contribution < 1.29 is 4.79 Å². The summed E-state index contributed by atoms with van der Waals surface area (Å²) >= 11 is 0. The molecule has 0 saturated heterocycles.